The topological polar surface area (TPSA) is 63.6 Å². The Balaban J connectivity index is 2.03. The minimum atomic E-state index is -4.16. The Morgan fingerprint density at radius 2 is 1.79 bits per heavy atom. The Bertz CT molecular complexity index is 1010. The molecule has 0 bridgehead atoms. The van der Waals surface area contributed by atoms with Gasteiger partial charge in [0.25, 0.3) is 0 Å². The number of fused-ring (bicyclic) bond motifs is 3. The quantitative estimate of drug-likeness (QED) is 0.777. The molecule has 4 rings (SSSR count). The Morgan fingerprint density at radius 1 is 1.11 bits per heavy atom. The predicted molar refractivity (Wildman–Crippen MR) is 100 cm³/mol. The van der Waals surface area contributed by atoms with Gasteiger partial charge < -0.3 is 9.84 Å². The van der Waals surface area contributed by atoms with E-state index in [1.807, 2.05) is 0 Å². The molecule has 1 aliphatic heterocycles. The molecule has 8 heteroatoms. The first kappa shape index (κ1) is 19.6. The second-order valence-corrected chi connectivity index (χ2v) is 10.0. The van der Waals surface area contributed by atoms with Crippen LogP contribution in [0.5, 0.6) is 5.75 Å². The number of rotatable bonds is 2. The van der Waals surface area contributed by atoms with Crippen LogP contribution in [0.1, 0.15) is 31.2 Å². The summed E-state index contributed by atoms with van der Waals surface area (Å²) in [6.07, 6.45) is 0.216. The highest BCUT2D eigenvalue weighted by molar-refractivity contribution is 7.92. The van der Waals surface area contributed by atoms with E-state index in [1.54, 1.807) is 0 Å². The van der Waals surface area contributed by atoms with Gasteiger partial charge in [-0.2, -0.15) is 0 Å². The first-order valence-corrected chi connectivity index (χ1v) is 10.9. The lowest BCUT2D eigenvalue weighted by Gasteiger charge is -2.44. The van der Waals surface area contributed by atoms with Crippen molar-refractivity contribution in [2.24, 2.45) is 5.92 Å². The molecule has 0 radical (unpaired) electrons. The van der Waals surface area contributed by atoms with E-state index >= 15 is 4.39 Å². The standard InChI is InChI=1S/C20H19ClF2O4S/c21-13-3-5-15(6-4-13)28(25,26)20-9-1-2-14(24)10-12(20)11-27-19-17(23)8-7-16(22)18(19)20/h3-8,12,14,24H,1-2,9-11H2/t12?,14-,20+/m0/s1. The molecule has 2 aliphatic rings. The number of hydrogen-bond donors (Lipinski definition) is 1. The van der Waals surface area contributed by atoms with E-state index in [2.05, 4.69) is 0 Å². The van der Waals surface area contributed by atoms with Gasteiger partial charge in [-0.25, -0.2) is 17.2 Å². The van der Waals surface area contributed by atoms with Crippen molar-refractivity contribution in [3.63, 3.8) is 0 Å². The minimum Gasteiger partial charge on any atom is -0.490 e. The lowest BCUT2D eigenvalue weighted by molar-refractivity contribution is 0.0975. The molecule has 1 aliphatic carbocycles. The summed E-state index contributed by atoms with van der Waals surface area (Å²) >= 11 is 5.90. The zero-order valence-corrected chi connectivity index (χ0v) is 16.4. The van der Waals surface area contributed by atoms with Gasteiger partial charge in [-0.05, 0) is 62.1 Å². The van der Waals surface area contributed by atoms with Crippen LogP contribution in [0, 0.1) is 17.6 Å². The summed E-state index contributed by atoms with van der Waals surface area (Å²) in [4.78, 5) is -0.0187. The summed E-state index contributed by atoms with van der Waals surface area (Å²) in [7, 11) is -4.16. The summed E-state index contributed by atoms with van der Waals surface area (Å²) in [5.74, 6) is -2.69. The first-order valence-electron chi connectivity index (χ1n) is 9.07. The van der Waals surface area contributed by atoms with Gasteiger partial charge in [-0.3, -0.25) is 0 Å². The van der Waals surface area contributed by atoms with Crippen molar-refractivity contribution in [1.82, 2.24) is 0 Å². The van der Waals surface area contributed by atoms with Gasteiger partial charge in [-0.15, -0.1) is 0 Å². The lowest BCUT2D eigenvalue weighted by Crippen LogP contribution is -2.49. The molecule has 2 aromatic carbocycles. The van der Waals surface area contributed by atoms with E-state index in [-0.39, 0.29) is 35.7 Å². The second-order valence-electron chi connectivity index (χ2n) is 7.37. The number of sulfone groups is 1. The van der Waals surface area contributed by atoms with Gasteiger partial charge in [0.2, 0.25) is 0 Å². The molecule has 2 aromatic rings. The van der Waals surface area contributed by atoms with Gasteiger partial charge in [0.1, 0.15) is 10.6 Å². The highest BCUT2D eigenvalue weighted by Gasteiger charge is 2.58. The molecular formula is C20H19ClF2O4S. The van der Waals surface area contributed by atoms with Crippen LogP contribution >= 0.6 is 11.6 Å². The van der Waals surface area contributed by atoms with Crippen LogP contribution in [0.4, 0.5) is 8.78 Å². The molecule has 1 fully saturated rings. The van der Waals surface area contributed by atoms with Crippen LogP contribution in [0.3, 0.4) is 0 Å². The summed E-state index contributed by atoms with van der Waals surface area (Å²) < 4.78 is 61.0. The van der Waals surface area contributed by atoms with E-state index in [9.17, 15) is 17.9 Å². The number of benzene rings is 2. The fourth-order valence-corrected chi connectivity index (χ4v) is 7.05. The molecule has 3 atom stereocenters. The molecule has 4 nitrogen and oxygen atoms in total. The van der Waals surface area contributed by atoms with Gasteiger partial charge in [0.15, 0.2) is 21.4 Å². The van der Waals surface area contributed by atoms with Crippen molar-refractivity contribution in [2.75, 3.05) is 6.61 Å². The van der Waals surface area contributed by atoms with E-state index in [0.717, 1.165) is 12.1 Å². The van der Waals surface area contributed by atoms with Crippen molar-refractivity contribution in [1.29, 1.82) is 0 Å². The summed E-state index contributed by atoms with van der Waals surface area (Å²) in [5.41, 5.74) is -0.271. The first-order chi connectivity index (χ1) is 13.3. The van der Waals surface area contributed by atoms with Gasteiger partial charge >= 0.3 is 0 Å². The zero-order chi connectivity index (χ0) is 20.1. The van der Waals surface area contributed by atoms with Crippen molar-refractivity contribution in [3.05, 3.63) is 58.6 Å². The molecule has 1 unspecified atom stereocenters. The molecule has 0 saturated heterocycles. The highest BCUT2D eigenvalue weighted by Crippen LogP contribution is 2.55. The van der Waals surface area contributed by atoms with Crippen LogP contribution in [-0.4, -0.2) is 26.2 Å². The molecule has 28 heavy (non-hydrogen) atoms. The van der Waals surface area contributed by atoms with Gasteiger partial charge in [0, 0.05) is 10.9 Å². The average molecular weight is 429 g/mol. The van der Waals surface area contributed by atoms with Crippen molar-refractivity contribution in [3.8, 4) is 5.75 Å². The van der Waals surface area contributed by atoms with Crippen LogP contribution in [0.15, 0.2) is 41.3 Å². The number of halogens is 3. The number of hydrogen-bond acceptors (Lipinski definition) is 4. The molecule has 150 valence electrons. The molecule has 1 saturated carbocycles. The van der Waals surface area contributed by atoms with E-state index in [1.165, 1.54) is 24.3 Å². The van der Waals surface area contributed by atoms with Crippen LogP contribution < -0.4 is 4.74 Å². The largest absolute Gasteiger partial charge is 0.490 e. The molecule has 1 N–H and O–H groups in total. The van der Waals surface area contributed by atoms with Crippen molar-refractivity contribution >= 4 is 21.4 Å². The highest BCUT2D eigenvalue weighted by atomic mass is 35.5. The Labute approximate surface area is 167 Å². The summed E-state index contributed by atoms with van der Waals surface area (Å²) in [5, 5.41) is 10.6. The van der Waals surface area contributed by atoms with Gasteiger partial charge in [0.05, 0.1) is 23.2 Å². The maximum Gasteiger partial charge on any atom is 0.188 e. The second kappa shape index (κ2) is 6.97. The van der Waals surface area contributed by atoms with Crippen molar-refractivity contribution < 1.29 is 27.0 Å². The normalized spacial score (nSPS) is 27.3. The lowest BCUT2D eigenvalue weighted by atomic mass is 9.79. The maximum absolute atomic E-state index is 15.0. The van der Waals surface area contributed by atoms with Crippen LogP contribution in [0.25, 0.3) is 0 Å². The smallest absolute Gasteiger partial charge is 0.188 e. The Kier molecular flexibility index (Phi) is 4.88. The van der Waals surface area contributed by atoms with Crippen LogP contribution in [-0.2, 0) is 14.6 Å². The Morgan fingerprint density at radius 3 is 2.50 bits per heavy atom. The maximum atomic E-state index is 15.0. The Hall–Kier alpha value is -1.70. The third-order valence-corrected chi connectivity index (χ3v) is 8.66. The van der Waals surface area contributed by atoms with Crippen LogP contribution in [0.2, 0.25) is 5.02 Å². The molecular weight excluding hydrogens is 410 g/mol. The minimum absolute atomic E-state index is 0.0187. The number of aliphatic hydroxyl groups is 1. The predicted octanol–water partition coefficient (Wildman–Crippen LogP) is 4.23. The fraction of sp³-hybridized carbons (Fsp3) is 0.400. The summed E-state index contributed by atoms with van der Waals surface area (Å²) in [6, 6.07) is 7.51. The fourth-order valence-electron chi connectivity index (χ4n) is 4.54. The van der Waals surface area contributed by atoms with E-state index in [4.69, 9.17) is 16.3 Å². The van der Waals surface area contributed by atoms with Crippen molar-refractivity contribution in [2.45, 2.75) is 41.4 Å². The SMILES string of the molecule is O=S(=O)(c1ccc(Cl)cc1)[C@]12CCC[C@H](O)CC1COc1c(F)ccc(F)c12. The summed E-state index contributed by atoms with van der Waals surface area (Å²) in [6.45, 7) is -0.114. The third-order valence-electron chi connectivity index (χ3n) is 5.82. The molecule has 0 aromatic heterocycles. The third kappa shape index (κ3) is 2.83. The molecule has 1 heterocycles. The van der Waals surface area contributed by atoms with Gasteiger partial charge in [-0.1, -0.05) is 11.6 Å². The molecule has 0 amide bonds. The molecule has 0 spiro atoms. The monoisotopic (exact) mass is 428 g/mol. The number of aliphatic hydroxyl groups excluding tert-OH is 1. The zero-order valence-electron chi connectivity index (χ0n) is 14.9. The number of ether oxygens (including phenoxy) is 1. The average Bonchev–Trinajstić information content (AvgIpc) is 2.83. The van der Waals surface area contributed by atoms with E-state index < -0.39 is 38.2 Å². The van der Waals surface area contributed by atoms with E-state index in [0.29, 0.717) is 17.9 Å².